The van der Waals surface area contributed by atoms with E-state index in [4.69, 9.17) is 21.4 Å². The van der Waals surface area contributed by atoms with Crippen molar-refractivity contribution in [3.63, 3.8) is 0 Å². The summed E-state index contributed by atoms with van der Waals surface area (Å²) in [6.07, 6.45) is 0. The number of hydrogen-bond donors (Lipinski definition) is 1. The Labute approximate surface area is 179 Å². The molecule has 1 heterocycles. The number of carboxylic acids is 1. The summed E-state index contributed by atoms with van der Waals surface area (Å²) < 4.78 is 7.37. The Morgan fingerprint density at radius 1 is 1.03 bits per heavy atom. The molecule has 0 radical (unpaired) electrons. The van der Waals surface area contributed by atoms with Gasteiger partial charge in [-0.1, -0.05) is 54.1 Å². The molecule has 0 aliphatic heterocycles. The fourth-order valence-electron chi connectivity index (χ4n) is 3.32. The van der Waals surface area contributed by atoms with Crippen molar-refractivity contribution in [2.24, 2.45) is 0 Å². The van der Waals surface area contributed by atoms with E-state index in [1.54, 1.807) is 19.2 Å². The third-order valence-electron chi connectivity index (χ3n) is 4.82. The number of carbonyl (C=O) groups is 1. The van der Waals surface area contributed by atoms with Gasteiger partial charge in [0.1, 0.15) is 5.75 Å². The largest absolute Gasteiger partial charge is 0.496 e. The number of hydrogen-bond acceptors (Lipinski definition) is 3. The van der Waals surface area contributed by atoms with Crippen LogP contribution >= 0.6 is 11.6 Å². The van der Waals surface area contributed by atoms with Gasteiger partial charge in [0, 0.05) is 10.6 Å². The zero-order valence-corrected chi connectivity index (χ0v) is 17.0. The molecule has 0 bridgehead atoms. The third-order valence-corrected chi connectivity index (χ3v) is 5.07. The van der Waals surface area contributed by atoms with E-state index in [-0.39, 0.29) is 5.56 Å². The maximum Gasteiger partial charge on any atom is 0.335 e. The maximum atomic E-state index is 11.5. The lowest BCUT2D eigenvalue weighted by Crippen LogP contribution is -2.04. The van der Waals surface area contributed by atoms with Gasteiger partial charge >= 0.3 is 5.97 Å². The fraction of sp³-hybridized carbons (Fsp3) is 0.0833. The number of rotatable bonds is 6. The van der Waals surface area contributed by atoms with Crippen molar-refractivity contribution in [1.82, 2.24) is 9.78 Å². The Bertz CT molecular complexity index is 1190. The molecule has 0 amide bonds. The minimum Gasteiger partial charge on any atom is -0.496 e. The van der Waals surface area contributed by atoms with E-state index in [9.17, 15) is 9.90 Å². The summed E-state index contributed by atoms with van der Waals surface area (Å²) in [6.45, 7) is 0.569. The quantitative estimate of drug-likeness (QED) is 0.441. The predicted molar refractivity (Wildman–Crippen MR) is 117 cm³/mol. The van der Waals surface area contributed by atoms with Crippen LogP contribution in [0.1, 0.15) is 15.9 Å². The van der Waals surface area contributed by atoms with Crippen LogP contribution in [-0.2, 0) is 6.54 Å². The van der Waals surface area contributed by atoms with E-state index in [2.05, 4.69) is 0 Å². The molecule has 5 nitrogen and oxygen atoms in total. The molecular weight excluding hydrogens is 400 g/mol. The summed E-state index contributed by atoms with van der Waals surface area (Å²) in [4.78, 5) is 11.5. The molecule has 150 valence electrons. The Balaban J connectivity index is 1.86. The molecule has 30 heavy (non-hydrogen) atoms. The van der Waals surface area contributed by atoms with Gasteiger partial charge in [-0.3, -0.25) is 4.68 Å². The average Bonchev–Trinajstić information content (AvgIpc) is 3.18. The van der Waals surface area contributed by atoms with E-state index in [0.717, 1.165) is 16.8 Å². The highest BCUT2D eigenvalue weighted by molar-refractivity contribution is 6.30. The van der Waals surface area contributed by atoms with E-state index >= 15 is 0 Å². The SMILES string of the molecule is COc1ccc(C(=O)O)cc1-c1cc(-c2ccc(Cl)cc2)n(Cc2ccccc2)n1. The molecule has 6 heteroatoms. The van der Waals surface area contributed by atoms with Crippen LogP contribution in [0, 0.1) is 0 Å². The van der Waals surface area contributed by atoms with Gasteiger partial charge in [-0.15, -0.1) is 0 Å². The molecule has 0 saturated heterocycles. The zero-order valence-electron chi connectivity index (χ0n) is 16.2. The van der Waals surface area contributed by atoms with Crippen LogP contribution in [-0.4, -0.2) is 28.0 Å². The number of aromatic carboxylic acids is 1. The summed E-state index contributed by atoms with van der Waals surface area (Å²) in [5, 5.41) is 14.9. The lowest BCUT2D eigenvalue weighted by molar-refractivity contribution is 0.0697. The molecule has 0 spiro atoms. The van der Waals surface area contributed by atoms with Crippen molar-refractivity contribution in [1.29, 1.82) is 0 Å². The Hall–Kier alpha value is -3.57. The van der Waals surface area contributed by atoms with Crippen molar-refractivity contribution >= 4 is 17.6 Å². The molecule has 4 aromatic rings. The second-order valence-electron chi connectivity index (χ2n) is 6.79. The van der Waals surface area contributed by atoms with E-state index in [1.807, 2.05) is 65.3 Å². The van der Waals surface area contributed by atoms with Gasteiger partial charge < -0.3 is 9.84 Å². The molecule has 4 rings (SSSR count). The summed E-state index contributed by atoms with van der Waals surface area (Å²) in [7, 11) is 1.56. The normalized spacial score (nSPS) is 10.7. The lowest BCUT2D eigenvalue weighted by Gasteiger charge is -2.08. The summed E-state index contributed by atoms with van der Waals surface area (Å²) in [6, 6.07) is 24.3. The van der Waals surface area contributed by atoms with Gasteiger partial charge in [-0.05, 0) is 47.5 Å². The van der Waals surface area contributed by atoms with Gasteiger partial charge in [0.2, 0.25) is 0 Å². The predicted octanol–water partition coefficient (Wildman–Crippen LogP) is 5.63. The minimum atomic E-state index is -0.999. The highest BCUT2D eigenvalue weighted by Gasteiger charge is 2.17. The molecule has 1 N–H and O–H groups in total. The first kappa shape index (κ1) is 19.7. The minimum absolute atomic E-state index is 0.177. The van der Waals surface area contributed by atoms with Crippen molar-refractivity contribution < 1.29 is 14.6 Å². The Morgan fingerprint density at radius 2 is 1.77 bits per heavy atom. The van der Waals surface area contributed by atoms with Gasteiger partial charge in [0.05, 0.1) is 30.6 Å². The Kier molecular flexibility index (Phi) is 5.55. The molecule has 0 atom stereocenters. The first-order valence-electron chi connectivity index (χ1n) is 9.34. The second kappa shape index (κ2) is 8.43. The first-order valence-corrected chi connectivity index (χ1v) is 9.72. The van der Waals surface area contributed by atoms with Gasteiger partial charge in [0.25, 0.3) is 0 Å². The van der Waals surface area contributed by atoms with Crippen LogP contribution < -0.4 is 4.74 Å². The fourth-order valence-corrected chi connectivity index (χ4v) is 3.45. The van der Waals surface area contributed by atoms with Crippen molar-refractivity contribution in [2.75, 3.05) is 7.11 Å². The standard InChI is InChI=1S/C24H19ClN2O3/c1-30-23-12-9-18(24(28)29)13-20(23)21-14-22(17-7-10-19(25)11-8-17)27(26-21)15-16-5-3-2-4-6-16/h2-14H,15H2,1H3,(H,28,29). The molecule has 0 aliphatic rings. The molecular formula is C24H19ClN2O3. The number of ether oxygens (including phenoxy) is 1. The van der Waals surface area contributed by atoms with Crippen molar-refractivity contribution in [3.05, 3.63) is 95.0 Å². The van der Waals surface area contributed by atoms with Crippen molar-refractivity contribution in [2.45, 2.75) is 6.54 Å². The molecule has 0 saturated carbocycles. The van der Waals surface area contributed by atoms with E-state index in [0.29, 0.717) is 28.6 Å². The number of methoxy groups -OCH3 is 1. The highest BCUT2D eigenvalue weighted by atomic mass is 35.5. The van der Waals surface area contributed by atoms with Crippen LogP contribution in [0.15, 0.2) is 78.9 Å². The maximum absolute atomic E-state index is 11.5. The number of benzene rings is 3. The summed E-state index contributed by atoms with van der Waals surface area (Å²) in [5.41, 5.74) is 4.40. The topological polar surface area (TPSA) is 64.3 Å². The van der Waals surface area contributed by atoms with E-state index < -0.39 is 5.97 Å². The molecule has 3 aromatic carbocycles. The monoisotopic (exact) mass is 418 g/mol. The second-order valence-corrected chi connectivity index (χ2v) is 7.22. The van der Waals surface area contributed by atoms with Crippen LogP contribution in [0.3, 0.4) is 0 Å². The smallest absolute Gasteiger partial charge is 0.335 e. The number of carboxylic acid groups (broad SMARTS) is 1. The highest BCUT2D eigenvalue weighted by Crippen LogP contribution is 2.33. The lowest BCUT2D eigenvalue weighted by atomic mass is 10.1. The number of halogens is 1. The number of nitrogens with zero attached hydrogens (tertiary/aromatic N) is 2. The molecule has 0 aliphatic carbocycles. The average molecular weight is 419 g/mol. The molecule has 1 aromatic heterocycles. The molecule has 0 fully saturated rings. The zero-order chi connectivity index (χ0) is 21.1. The number of aromatic nitrogens is 2. The first-order chi connectivity index (χ1) is 14.5. The van der Waals surface area contributed by atoms with Crippen LogP contribution in [0.4, 0.5) is 0 Å². The van der Waals surface area contributed by atoms with Gasteiger partial charge in [-0.25, -0.2) is 4.79 Å². The Morgan fingerprint density at radius 3 is 2.43 bits per heavy atom. The van der Waals surface area contributed by atoms with Crippen LogP contribution in [0.2, 0.25) is 5.02 Å². The summed E-state index contributed by atoms with van der Waals surface area (Å²) >= 11 is 6.06. The third kappa shape index (κ3) is 4.07. The van der Waals surface area contributed by atoms with E-state index in [1.165, 1.54) is 6.07 Å². The van der Waals surface area contributed by atoms with Crippen LogP contribution in [0.25, 0.3) is 22.5 Å². The van der Waals surface area contributed by atoms with Gasteiger partial charge in [-0.2, -0.15) is 5.10 Å². The van der Waals surface area contributed by atoms with Gasteiger partial charge in [0.15, 0.2) is 0 Å². The molecule has 0 unspecified atom stereocenters. The van der Waals surface area contributed by atoms with Crippen LogP contribution in [0.5, 0.6) is 5.75 Å². The summed E-state index contributed by atoms with van der Waals surface area (Å²) in [5.74, 6) is -0.437. The van der Waals surface area contributed by atoms with Crippen molar-refractivity contribution in [3.8, 4) is 28.3 Å².